The number of thiol groups is 1. The molecule has 1 aliphatic heterocycles. The number of aliphatic imine (C=N–C) groups is 1. The molecule has 0 aromatic heterocycles. The van der Waals surface area contributed by atoms with Crippen LogP contribution >= 0.6 is 12.6 Å². The first kappa shape index (κ1) is 32.9. The predicted octanol–water partition coefficient (Wildman–Crippen LogP) is 4.34. The van der Waals surface area contributed by atoms with Crippen molar-refractivity contribution in [3.63, 3.8) is 0 Å². The molecule has 11 N–H and O–H groups in total. The van der Waals surface area contributed by atoms with Crippen molar-refractivity contribution in [2.75, 3.05) is 37.2 Å². The van der Waals surface area contributed by atoms with Crippen molar-refractivity contribution in [1.29, 1.82) is 0 Å². The molecule has 8 nitrogen and oxygen atoms in total. The summed E-state index contributed by atoms with van der Waals surface area (Å²) in [5.41, 5.74) is 25.7. The SMILES string of the molecule is CC1CCN(CCN)C1.Cc1cc(N=C(N)Nc2ccc(S)cc2)c(N)cc1-c1c(C)cccc1C.O.O.[HH].[HH]. The highest BCUT2D eigenvalue weighted by atomic mass is 32.1. The van der Waals surface area contributed by atoms with Crippen LogP contribution in [0.4, 0.5) is 17.1 Å². The Labute approximate surface area is 235 Å². The van der Waals surface area contributed by atoms with Gasteiger partial charge in [0.2, 0.25) is 0 Å². The zero-order chi connectivity index (χ0) is 26.2. The molecule has 1 unspecified atom stereocenters. The summed E-state index contributed by atoms with van der Waals surface area (Å²) in [6.45, 7) is 13.0. The first-order valence-corrected chi connectivity index (χ1v) is 12.9. The van der Waals surface area contributed by atoms with Gasteiger partial charge in [-0.25, -0.2) is 4.99 Å². The highest BCUT2D eigenvalue weighted by Crippen LogP contribution is 2.35. The zero-order valence-corrected chi connectivity index (χ0v) is 23.8. The molecule has 0 spiro atoms. The number of guanidine groups is 1. The second-order valence-corrected chi connectivity index (χ2v) is 10.2. The number of nitrogens with one attached hydrogen (secondary N) is 1. The van der Waals surface area contributed by atoms with Gasteiger partial charge in [0.05, 0.1) is 11.4 Å². The first-order chi connectivity index (χ1) is 17.2. The van der Waals surface area contributed by atoms with Crippen molar-refractivity contribution in [3.8, 4) is 11.1 Å². The van der Waals surface area contributed by atoms with Crippen LogP contribution in [0.15, 0.2) is 64.5 Å². The fourth-order valence-corrected chi connectivity index (χ4v) is 4.73. The number of hydrogen-bond donors (Lipinski definition) is 5. The fraction of sp³-hybridized carbons (Fsp3) is 0.345. The van der Waals surface area contributed by atoms with Crippen LogP contribution in [0.25, 0.3) is 11.1 Å². The summed E-state index contributed by atoms with van der Waals surface area (Å²) in [5.74, 6) is 1.18. The maximum absolute atomic E-state index is 6.29. The molecule has 212 valence electrons. The molecule has 4 rings (SSSR count). The van der Waals surface area contributed by atoms with Crippen molar-refractivity contribution < 1.29 is 13.8 Å². The monoisotopic (exact) mass is 544 g/mol. The molecule has 9 heteroatoms. The van der Waals surface area contributed by atoms with Gasteiger partial charge in [0.1, 0.15) is 0 Å². The lowest BCUT2D eigenvalue weighted by Crippen LogP contribution is -2.26. The maximum Gasteiger partial charge on any atom is 0.198 e. The number of aryl methyl sites for hydroxylation is 3. The average molecular weight is 545 g/mol. The van der Waals surface area contributed by atoms with Crippen LogP contribution in [0, 0.1) is 26.7 Å². The number of hydrogen-bond acceptors (Lipinski definition) is 5. The molecule has 1 aliphatic rings. The Hall–Kier alpha value is -3.08. The van der Waals surface area contributed by atoms with Gasteiger partial charge in [0.25, 0.3) is 0 Å². The average Bonchev–Trinajstić information content (AvgIpc) is 3.23. The smallest absolute Gasteiger partial charge is 0.198 e. The lowest BCUT2D eigenvalue weighted by atomic mass is 9.92. The topological polar surface area (TPSA) is 169 Å². The van der Waals surface area contributed by atoms with Crippen LogP contribution in [-0.2, 0) is 0 Å². The van der Waals surface area contributed by atoms with Gasteiger partial charge < -0.3 is 38.4 Å². The van der Waals surface area contributed by atoms with E-state index in [1.54, 1.807) is 0 Å². The van der Waals surface area contributed by atoms with E-state index in [0.717, 1.165) is 40.7 Å². The second-order valence-electron chi connectivity index (χ2n) is 9.64. The van der Waals surface area contributed by atoms with Gasteiger partial charge >= 0.3 is 0 Å². The van der Waals surface area contributed by atoms with Gasteiger partial charge in [-0.2, -0.15) is 0 Å². The summed E-state index contributed by atoms with van der Waals surface area (Å²) in [6.07, 6.45) is 1.36. The van der Waals surface area contributed by atoms with Gasteiger partial charge in [-0.3, -0.25) is 0 Å². The number of nitrogen functional groups attached to an aromatic ring is 1. The Bertz CT molecular complexity index is 1190. The van der Waals surface area contributed by atoms with Crippen LogP contribution < -0.4 is 22.5 Å². The lowest BCUT2D eigenvalue weighted by Gasteiger charge is -2.15. The maximum atomic E-state index is 6.29. The van der Waals surface area contributed by atoms with E-state index in [-0.39, 0.29) is 19.8 Å². The van der Waals surface area contributed by atoms with Gasteiger partial charge in [-0.05, 0) is 104 Å². The summed E-state index contributed by atoms with van der Waals surface area (Å²) in [4.78, 5) is 7.78. The molecule has 1 atom stereocenters. The Kier molecular flexibility index (Phi) is 13.3. The summed E-state index contributed by atoms with van der Waals surface area (Å²) in [7, 11) is 0. The van der Waals surface area contributed by atoms with E-state index in [9.17, 15) is 0 Å². The minimum atomic E-state index is 0. The Morgan fingerprint density at radius 1 is 1.05 bits per heavy atom. The molecule has 1 heterocycles. The van der Waals surface area contributed by atoms with Gasteiger partial charge in [-0.1, -0.05) is 25.1 Å². The van der Waals surface area contributed by atoms with Crippen LogP contribution in [-0.4, -0.2) is 48.0 Å². The van der Waals surface area contributed by atoms with E-state index in [0.29, 0.717) is 11.4 Å². The van der Waals surface area contributed by atoms with Crippen LogP contribution in [0.1, 0.15) is 32.9 Å². The summed E-state index contributed by atoms with van der Waals surface area (Å²) in [6, 6.07) is 17.8. The number of rotatable bonds is 5. The standard InChI is InChI=1S/C22H24N4S.C7H16N2.2H2O.2H2/c1-13-5-4-6-14(2)21(13)18-12-19(23)20(11-15(18)3)26-22(24)25-16-7-9-17(27)10-8-16;1-7-2-4-9(6-7)5-3-8;;;;/h4-12,27H,23H2,1-3H3,(H3,24,25,26);7H,2-6,8H2,1H3;2*1H2;2*1H. The molecular formula is C29H48N6O2S. The molecule has 3 aromatic carbocycles. The molecule has 38 heavy (non-hydrogen) atoms. The van der Waals surface area contributed by atoms with E-state index in [2.05, 4.69) is 73.7 Å². The molecule has 1 fully saturated rings. The van der Waals surface area contributed by atoms with E-state index >= 15 is 0 Å². The van der Waals surface area contributed by atoms with Crippen molar-refractivity contribution in [2.24, 2.45) is 22.4 Å². The van der Waals surface area contributed by atoms with Gasteiger partial charge in [0.15, 0.2) is 5.96 Å². The highest BCUT2D eigenvalue weighted by Gasteiger charge is 2.16. The third-order valence-electron chi connectivity index (χ3n) is 6.46. The molecule has 0 saturated carbocycles. The molecular weight excluding hydrogens is 496 g/mol. The Morgan fingerprint density at radius 2 is 1.68 bits per heavy atom. The van der Waals surface area contributed by atoms with Gasteiger partial charge in [-0.15, -0.1) is 12.6 Å². The number of nitrogens with zero attached hydrogens (tertiary/aromatic N) is 2. The van der Waals surface area contributed by atoms with Crippen LogP contribution in [0.2, 0.25) is 0 Å². The van der Waals surface area contributed by atoms with E-state index < -0.39 is 0 Å². The predicted molar refractivity (Wildman–Crippen MR) is 170 cm³/mol. The van der Waals surface area contributed by atoms with Crippen molar-refractivity contribution in [3.05, 3.63) is 71.3 Å². The largest absolute Gasteiger partial charge is 0.412 e. The van der Waals surface area contributed by atoms with Crippen molar-refractivity contribution in [1.82, 2.24) is 4.90 Å². The second kappa shape index (κ2) is 15.4. The Balaban J connectivity index is 0. The number of anilines is 2. The minimum Gasteiger partial charge on any atom is -0.412 e. The fourth-order valence-electron chi connectivity index (χ4n) is 4.58. The highest BCUT2D eigenvalue weighted by molar-refractivity contribution is 7.80. The van der Waals surface area contributed by atoms with E-state index in [1.165, 1.54) is 36.2 Å². The normalized spacial score (nSPS) is 15.1. The molecule has 0 bridgehead atoms. The number of benzene rings is 3. The van der Waals surface area contributed by atoms with Crippen molar-refractivity contribution >= 4 is 35.7 Å². The van der Waals surface area contributed by atoms with Crippen molar-refractivity contribution in [2.45, 2.75) is 39.0 Å². The summed E-state index contributed by atoms with van der Waals surface area (Å²) < 4.78 is 0. The van der Waals surface area contributed by atoms with E-state index in [1.807, 2.05) is 36.4 Å². The van der Waals surface area contributed by atoms with E-state index in [4.69, 9.17) is 17.2 Å². The number of likely N-dealkylation sites (tertiary alicyclic amines) is 1. The van der Waals surface area contributed by atoms with Crippen LogP contribution in [0.5, 0.6) is 0 Å². The molecule has 0 radical (unpaired) electrons. The lowest BCUT2D eigenvalue weighted by molar-refractivity contribution is 0.337. The minimum absolute atomic E-state index is 0. The molecule has 1 saturated heterocycles. The Morgan fingerprint density at radius 3 is 2.24 bits per heavy atom. The van der Waals surface area contributed by atoms with Gasteiger partial charge in [0, 0.05) is 33.1 Å². The third-order valence-corrected chi connectivity index (χ3v) is 6.76. The van der Waals surface area contributed by atoms with Crippen LogP contribution in [0.3, 0.4) is 0 Å². The number of nitrogens with two attached hydrogens (primary N) is 3. The molecule has 0 amide bonds. The first-order valence-electron chi connectivity index (χ1n) is 12.5. The third kappa shape index (κ3) is 9.04. The molecule has 3 aromatic rings. The molecule has 0 aliphatic carbocycles. The summed E-state index contributed by atoms with van der Waals surface area (Å²) >= 11 is 4.28. The zero-order valence-electron chi connectivity index (χ0n) is 22.9. The summed E-state index contributed by atoms with van der Waals surface area (Å²) in [5, 5.41) is 3.07. The quantitative estimate of drug-likeness (QED) is 0.139.